The van der Waals surface area contributed by atoms with Gasteiger partial charge in [0, 0.05) is 19.4 Å². The molecular formula is C12H18F3NO5. The molecule has 0 fully saturated rings. The van der Waals surface area contributed by atoms with Crippen LogP contribution in [0.4, 0.5) is 13.2 Å². The van der Waals surface area contributed by atoms with Crippen molar-refractivity contribution in [1.82, 2.24) is 4.90 Å². The van der Waals surface area contributed by atoms with Crippen LogP contribution in [0.25, 0.3) is 0 Å². The molecule has 0 unspecified atom stereocenters. The van der Waals surface area contributed by atoms with Gasteiger partial charge in [-0.1, -0.05) is 0 Å². The Kier molecular flexibility index (Phi) is 8.41. The van der Waals surface area contributed by atoms with Crippen LogP contribution in [-0.4, -0.2) is 54.2 Å². The summed E-state index contributed by atoms with van der Waals surface area (Å²) < 4.78 is 41.4. The van der Waals surface area contributed by atoms with Crippen LogP contribution in [0.15, 0.2) is 0 Å². The molecule has 0 aromatic carbocycles. The summed E-state index contributed by atoms with van der Waals surface area (Å²) in [7, 11) is 1.10. The van der Waals surface area contributed by atoms with Gasteiger partial charge < -0.3 is 14.7 Å². The number of ether oxygens (including phenoxy) is 1. The standard InChI is InChI=1S/C12H18F3NO5/c1-21-11(20)6-7-16(8-12(13,14)15)9(17)4-2-3-5-10(18)19/h2-8H2,1H3,(H,18,19). The summed E-state index contributed by atoms with van der Waals surface area (Å²) in [5.41, 5.74) is 0. The van der Waals surface area contributed by atoms with Gasteiger partial charge in [-0.3, -0.25) is 14.4 Å². The van der Waals surface area contributed by atoms with E-state index in [2.05, 4.69) is 4.74 Å². The summed E-state index contributed by atoms with van der Waals surface area (Å²) >= 11 is 0. The lowest BCUT2D eigenvalue weighted by atomic mass is 10.1. The Balaban J connectivity index is 4.38. The van der Waals surface area contributed by atoms with Crippen LogP contribution in [0.1, 0.15) is 32.1 Å². The molecule has 0 bridgehead atoms. The van der Waals surface area contributed by atoms with Gasteiger partial charge in [0.1, 0.15) is 6.54 Å². The van der Waals surface area contributed by atoms with E-state index in [1.807, 2.05) is 0 Å². The molecule has 9 heteroatoms. The SMILES string of the molecule is COC(=O)CCN(CC(F)(F)F)C(=O)CCCCC(=O)O. The van der Waals surface area contributed by atoms with Gasteiger partial charge in [0.25, 0.3) is 0 Å². The summed E-state index contributed by atoms with van der Waals surface area (Å²) in [5, 5.41) is 8.42. The molecule has 0 heterocycles. The van der Waals surface area contributed by atoms with Crippen LogP contribution in [0.2, 0.25) is 0 Å². The number of aliphatic carboxylic acids is 1. The van der Waals surface area contributed by atoms with E-state index >= 15 is 0 Å². The fourth-order valence-corrected chi connectivity index (χ4v) is 1.55. The Bertz CT molecular complexity index is 370. The lowest BCUT2D eigenvalue weighted by Crippen LogP contribution is -2.40. The van der Waals surface area contributed by atoms with E-state index in [-0.39, 0.29) is 38.6 Å². The Morgan fingerprint density at radius 3 is 2.14 bits per heavy atom. The van der Waals surface area contributed by atoms with Gasteiger partial charge in [0.2, 0.25) is 5.91 Å². The van der Waals surface area contributed by atoms with Crippen LogP contribution in [0.3, 0.4) is 0 Å². The number of unbranched alkanes of at least 4 members (excludes halogenated alkanes) is 1. The molecule has 0 saturated heterocycles. The molecule has 0 atom stereocenters. The number of carboxylic acid groups (broad SMARTS) is 1. The van der Waals surface area contributed by atoms with Crippen LogP contribution in [0.5, 0.6) is 0 Å². The lowest BCUT2D eigenvalue weighted by molar-refractivity contribution is -0.162. The third-order valence-corrected chi connectivity index (χ3v) is 2.57. The molecule has 1 N–H and O–H groups in total. The van der Waals surface area contributed by atoms with E-state index < -0.39 is 30.6 Å². The lowest BCUT2D eigenvalue weighted by Gasteiger charge is -2.23. The van der Waals surface area contributed by atoms with E-state index in [1.165, 1.54) is 0 Å². The maximum Gasteiger partial charge on any atom is 0.406 e. The maximum atomic E-state index is 12.4. The molecule has 0 rings (SSSR count). The minimum Gasteiger partial charge on any atom is -0.481 e. The second kappa shape index (κ2) is 9.19. The fourth-order valence-electron chi connectivity index (χ4n) is 1.55. The van der Waals surface area contributed by atoms with Crippen molar-refractivity contribution in [2.45, 2.75) is 38.3 Å². The molecule has 0 radical (unpaired) electrons. The molecule has 0 aliphatic rings. The zero-order valence-corrected chi connectivity index (χ0v) is 11.6. The number of rotatable bonds is 9. The molecule has 1 amide bonds. The summed E-state index contributed by atoms with van der Waals surface area (Å²) in [6.45, 7) is -1.83. The number of methoxy groups -OCH3 is 1. The quantitative estimate of drug-likeness (QED) is 0.516. The maximum absolute atomic E-state index is 12.4. The van der Waals surface area contributed by atoms with Crippen molar-refractivity contribution in [3.8, 4) is 0 Å². The molecular weight excluding hydrogens is 295 g/mol. The van der Waals surface area contributed by atoms with Gasteiger partial charge in [0.05, 0.1) is 13.5 Å². The number of hydrogen-bond acceptors (Lipinski definition) is 4. The van der Waals surface area contributed by atoms with Crippen molar-refractivity contribution in [1.29, 1.82) is 0 Å². The summed E-state index contributed by atoms with van der Waals surface area (Å²) in [6, 6.07) is 0. The average Bonchev–Trinajstić information content (AvgIpc) is 2.37. The Labute approximate surface area is 119 Å². The molecule has 0 aromatic heterocycles. The normalized spacial score (nSPS) is 11.0. The van der Waals surface area contributed by atoms with Crippen LogP contribution < -0.4 is 0 Å². The number of carboxylic acids is 1. The minimum absolute atomic E-state index is 0.144. The number of nitrogens with zero attached hydrogens (tertiary/aromatic N) is 1. The molecule has 6 nitrogen and oxygen atoms in total. The van der Waals surface area contributed by atoms with Gasteiger partial charge in [-0.05, 0) is 12.8 Å². The minimum atomic E-state index is -4.56. The molecule has 0 spiro atoms. The fraction of sp³-hybridized carbons (Fsp3) is 0.750. The third-order valence-electron chi connectivity index (χ3n) is 2.57. The molecule has 21 heavy (non-hydrogen) atoms. The Hall–Kier alpha value is -1.80. The molecule has 0 aromatic rings. The van der Waals surface area contributed by atoms with Gasteiger partial charge >= 0.3 is 18.1 Å². The molecule has 0 aliphatic heterocycles. The number of carbonyl (C=O) groups excluding carboxylic acids is 2. The summed E-state index contributed by atoms with van der Waals surface area (Å²) in [4.78, 5) is 33.4. The monoisotopic (exact) mass is 313 g/mol. The number of hydrogen-bond donors (Lipinski definition) is 1. The second-order valence-electron chi connectivity index (χ2n) is 4.36. The van der Waals surface area contributed by atoms with E-state index in [0.29, 0.717) is 4.90 Å². The Morgan fingerprint density at radius 2 is 1.67 bits per heavy atom. The van der Waals surface area contributed by atoms with E-state index in [4.69, 9.17) is 5.11 Å². The summed E-state index contributed by atoms with van der Waals surface area (Å²) in [6.07, 6.45) is -4.84. The number of esters is 1. The van der Waals surface area contributed by atoms with E-state index in [9.17, 15) is 27.6 Å². The number of halogens is 3. The molecule has 0 aliphatic carbocycles. The molecule has 0 saturated carbocycles. The first-order chi connectivity index (χ1) is 9.65. The van der Waals surface area contributed by atoms with E-state index in [1.54, 1.807) is 0 Å². The highest BCUT2D eigenvalue weighted by Crippen LogP contribution is 2.18. The zero-order chi connectivity index (χ0) is 16.5. The Morgan fingerprint density at radius 1 is 1.10 bits per heavy atom. The van der Waals surface area contributed by atoms with Crippen molar-refractivity contribution in [2.75, 3.05) is 20.2 Å². The number of amides is 1. The zero-order valence-electron chi connectivity index (χ0n) is 11.6. The van der Waals surface area contributed by atoms with Crippen molar-refractivity contribution < 1.29 is 37.4 Å². The highest BCUT2D eigenvalue weighted by molar-refractivity contribution is 5.77. The first kappa shape index (κ1) is 19.2. The first-order valence-corrected chi connectivity index (χ1v) is 6.29. The van der Waals surface area contributed by atoms with Gasteiger partial charge in [-0.2, -0.15) is 13.2 Å². The predicted molar refractivity (Wildman–Crippen MR) is 65.4 cm³/mol. The van der Waals surface area contributed by atoms with Crippen LogP contribution in [-0.2, 0) is 19.1 Å². The van der Waals surface area contributed by atoms with Crippen LogP contribution in [0, 0.1) is 0 Å². The van der Waals surface area contributed by atoms with E-state index in [0.717, 1.165) is 7.11 Å². The van der Waals surface area contributed by atoms with Crippen LogP contribution >= 0.6 is 0 Å². The third kappa shape index (κ3) is 10.6. The number of carbonyl (C=O) groups is 3. The molecule has 122 valence electrons. The summed E-state index contributed by atoms with van der Waals surface area (Å²) in [5.74, 6) is -2.50. The highest BCUT2D eigenvalue weighted by atomic mass is 19.4. The van der Waals surface area contributed by atoms with Crippen molar-refractivity contribution in [3.63, 3.8) is 0 Å². The topological polar surface area (TPSA) is 83.9 Å². The second-order valence-corrected chi connectivity index (χ2v) is 4.36. The van der Waals surface area contributed by atoms with Gasteiger partial charge in [-0.25, -0.2) is 0 Å². The largest absolute Gasteiger partial charge is 0.481 e. The van der Waals surface area contributed by atoms with Crippen molar-refractivity contribution >= 4 is 17.8 Å². The predicted octanol–water partition coefficient (Wildman–Crippen LogP) is 1.59. The smallest absolute Gasteiger partial charge is 0.406 e. The average molecular weight is 313 g/mol. The van der Waals surface area contributed by atoms with Crippen molar-refractivity contribution in [3.05, 3.63) is 0 Å². The highest BCUT2D eigenvalue weighted by Gasteiger charge is 2.32. The first-order valence-electron chi connectivity index (χ1n) is 6.29. The van der Waals surface area contributed by atoms with Gasteiger partial charge in [-0.15, -0.1) is 0 Å². The number of alkyl halides is 3. The van der Waals surface area contributed by atoms with Crippen molar-refractivity contribution in [2.24, 2.45) is 0 Å². The van der Waals surface area contributed by atoms with Gasteiger partial charge in [0.15, 0.2) is 0 Å².